The number of hydrogen-bond acceptors (Lipinski definition) is 4. The Morgan fingerprint density at radius 2 is 2.24 bits per heavy atom. The molecule has 0 bridgehead atoms. The summed E-state index contributed by atoms with van der Waals surface area (Å²) in [5.41, 5.74) is 4.02. The molecule has 0 atom stereocenters. The van der Waals surface area contributed by atoms with Gasteiger partial charge in [-0.15, -0.1) is 11.3 Å². The molecule has 0 radical (unpaired) electrons. The molecule has 0 aliphatic carbocycles. The quantitative estimate of drug-likeness (QED) is 0.855. The minimum atomic E-state index is 0.0833. The van der Waals surface area contributed by atoms with E-state index in [2.05, 4.69) is 10.3 Å². The summed E-state index contributed by atoms with van der Waals surface area (Å²) in [4.78, 5) is 17.3. The Hall–Kier alpha value is -1.88. The van der Waals surface area contributed by atoms with Crippen LogP contribution in [0.25, 0.3) is 0 Å². The molecule has 2 aromatic rings. The third-order valence-corrected chi connectivity index (χ3v) is 4.29. The topological polar surface area (TPSA) is 51.2 Å². The number of hydrogen-bond donors (Lipinski definition) is 1. The maximum absolute atomic E-state index is 11.8. The fourth-order valence-electron chi connectivity index (χ4n) is 2.06. The van der Waals surface area contributed by atoms with Gasteiger partial charge in [0, 0.05) is 24.3 Å². The van der Waals surface area contributed by atoms with E-state index in [0.29, 0.717) is 13.0 Å². The van der Waals surface area contributed by atoms with Crippen LogP contribution in [0, 0.1) is 6.92 Å². The first-order valence-electron chi connectivity index (χ1n) is 6.97. The van der Waals surface area contributed by atoms with Gasteiger partial charge in [0.15, 0.2) is 0 Å². The van der Waals surface area contributed by atoms with Gasteiger partial charge < -0.3 is 10.1 Å². The maximum Gasteiger partial charge on any atom is 0.220 e. The van der Waals surface area contributed by atoms with Gasteiger partial charge in [0.25, 0.3) is 0 Å². The monoisotopic (exact) mass is 304 g/mol. The number of ether oxygens (including phenoxy) is 1. The molecule has 0 saturated heterocycles. The molecule has 1 aromatic carbocycles. The fourth-order valence-corrected chi connectivity index (χ4v) is 2.84. The maximum atomic E-state index is 11.8. The Morgan fingerprint density at radius 1 is 1.38 bits per heavy atom. The van der Waals surface area contributed by atoms with Gasteiger partial charge in [0.1, 0.15) is 5.75 Å². The first-order valence-corrected chi connectivity index (χ1v) is 7.85. The highest BCUT2D eigenvalue weighted by molar-refractivity contribution is 7.09. The Balaban J connectivity index is 1.71. The lowest BCUT2D eigenvalue weighted by Gasteiger charge is -2.06. The molecule has 21 heavy (non-hydrogen) atoms. The molecule has 0 saturated carbocycles. The Bertz CT molecular complexity index is 595. The summed E-state index contributed by atoms with van der Waals surface area (Å²) in [6.07, 6.45) is 2.07. The molecule has 0 aliphatic rings. The average Bonchev–Trinajstić information content (AvgIpc) is 2.91. The van der Waals surface area contributed by atoms with E-state index in [1.807, 2.05) is 36.7 Å². The molecule has 0 fully saturated rings. The van der Waals surface area contributed by atoms with Gasteiger partial charge in [-0.25, -0.2) is 4.98 Å². The molecular weight excluding hydrogens is 284 g/mol. The number of carbonyl (C=O) groups is 1. The Kier molecular flexibility index (Phi) is 5.75. The van der Waals surface area contributed by atoms with Crippen LogP contribution in [0.15, 0.2) is 29.8 Å². The smallest absolute Gasteiger partial charge is 0.220 e. The third-order valence-electron chi connectivity index (χ3n) is 3.29. The van der Waals surface area contributed by atoms with Crippen molar-refractivity contribution < 1.29 is 9.53 Å². The first-order chi connectivity index (χ1) is 10.2. The van der Waals surface area contributed by atoms with Crippen molar-refractivity contribution in [3.05, 3.63) is 45.9 Å². The van der Waals surface area contributed by atoms with Crippen molar-refractivity contribution in [2.75, 3.05) is 13.7 Å². The number of nitrogens with zero attached hydrogens (tertiary/aromatic N) is 1. The number of methoxy groups -OCH3 is 1. The molecule has 0 spiro atoms. The Morgan fingerprint density at radius 3 is 2.95 bits per heavy atom. The number of aromatic nitrogens is 1. The van der Waals surface area contributed by atoms with Gasteiger partial charge in [0.05, 0.1) is 18.3 Å². The van der Waals surface area contributed by atoms with Crippen LogP contribution in [-0.2, 0) is 17.6 Å². The van der Waals surface area contributed by atoms with Gasteiger partial charge in [-0.3, -0.25) is 4.79 Å². The molecular formula is C16H20N2O2S. The molecule has 4 nitrogen and oxygen atoms in total. The molecule has 0 unspecified atom stereocenters. The normalized spacial score (nSPS) is 10.4. The second kappa shape index (κ2) is 7.78. The zero-order valence-corrected chi connectivity index (χ0v) is 13.2. The lowest BCUT2D eigenvalue weighted by molar-refractivity contribution is -0.121. The van der Waals surface area contributed by atoms with Crippen molar-refractivity contribution in [3.63, 3.8) is 0 Å². The highest BCUT2D eigenvalue weighted by atomic mass is 32.1. The summed E-state index contributed by atoms with van der Waals surface area (Å²) in [6.45, 7) is 2.66. The zero-order valence-electron chi connectivity index (χ0n) is 12.4. The third kappa shape index (κ3) is 4.86. The second-order valence-electron chi connectivity index (χ2n) is 4.81. The number of aryl methyl sites for hydroxylation is 2. The predicted molar refractivity (Wildman–Crippen MR) is 84.9 cm³/mol. The number of carbonyl (C=O) groups excluding carboxylic acids is 1. The number of benzene rings is 1. The van der Waals surface area contributed by atoms with Crippen molar-refractivity contribution >= 4 is 17.2 Å². The molecule has 112 valence electrons. The van der Waals surface area contributed by atoms with Crippen LogP contribution < -0.4 is 10.1 Å². The molecule has 1 N–H and O–H groups in total. The van der Waals surface area contributed by atoms with Gasteiger partial charge in [-0.05, 0) is 31.0 Å². The fraction of sp³-hybridized carbons (Fsp3) is 0.375. The average molecular weight is 304 g/mol. The predicted octanol–water partition coefficient (Wildman–Crippen LogP) is 2.75. The molecule has 1 aromatic heterocycles. The summed E-state index contributed by atoms with van der Waals surface area (Å²) in [6, 6.07) is 7.82. The molecule has 1 heterocycles. The highest BCUT2D eigenvalue weighted by Crippen LogP contribution is 2.14. The van der Waals surface area contributed by atoms with E-state index >= 15 is 0 Å². The van der Waals surface area contributed by atoms with Gasteiger partial charge in [0.2, 0.25) is 5.91 Å². The first kappa shape index (κ1) is 15.5. The summed E-state index contributed by atoms with van der Waals surface area (Å²) in [5.74, 6) is 0.911. The van der Waals surface area contributed by atoms with Crippen molar-refractivity contribution in [2.24, 2.45) is 0 Å². The SMILES string of the molecule is COc1cccc(CCC(=O)NCCc2scnc2C)c1. The van der Waals surface area contributed by atoms with E-state index in [1.165, 1.54) is 4.88 Å². The summed E-state index contributed by atoms with van der Waals surface area (Å²) in [7, 11) is 1.65. The van der Waals surface area contributed by atoms with Gasteiger partial charge >= 0.3 is 0 Å². The molecule has 0 aliphatic heterocycles. The number of nitrogens with one attached hydrogen (secondary N) is 1. The van der Waals surface area contributed by atoms with Crippen molar-refractivity contribution in [1.82, 2.24) is 10.3 Å². The molecule has 5 heteroatoms. The highest BCUT2D eigenvalue weighted by Gasteiger charge is 2.05. The van der Waals surface area contributed by atoms with E-state index in [1.54, 1.807) is 18.4 Å². The van der Waals surface area contributed by atoms with Gasteiger partial charge in [-0.1, -0.05) is 12.1 Å². The van der Waals surface area contributed by atoms with Crippen LogP contribution in [0.3, 0.4) is 0 Å². The van der Waals surface area contributed by atoms with E-state index in [9.17, 15) is 4.79 Å². The van der Waals surface area contributed by atoms with Crippen LogP contribution in [0.4, 0.5) is 0 Å². The van der Waals surface area contributed by atoms with Gasteiger partial charge in [-0.2, -0.15) is 0 Å². The minimum Gasteiger partial charge on any atom is -0.497 e. The molecule has 1 amide bonds. The molecule has 2 rings (SSSR count). The standard InChI is InChI=1S/C16H20N2O2S/c1-12-15(21-11-18-12)8-9-17-16(19)7-6-13-4-3-5-14(10-13)20-2/h3-5,10-11H,6-9H2,1-2H3,(H,17,19). The van der Waals surface area contributed by atoms with E-state index in [4.69, 9.17) is 4.74 Å². The lowest BCUT2D eigenvalue weighted by atomic mass is 10.1. The summed E-state index contributed by atoms with van der Waals surface area (Å²) < 4.78 is 5.17. The minimum absolute atomic E-state index is 0.0833. The number of thiazole rings is 1. The van der Waals surface area contributed by atoms with Crippen molar-refractivity contribution in [2.45, 2.75) is 26.2 Å². The number of amides is 1. The zero-order chi connectivity index (χ0) is 15.1. The van der Waals surface area contributed by atoms with Crippen LogP contribution in [-0.4, -0.2) is 24.5 Å². The number of rotatable bonds is 7. The van der Waals surface area contributed by atoms with Crippen LogP contribution in [0.1, 0.15) is 22.6 Å². The second-order valence-corrected chi connectivity index (χ2v) is 5.75. The van der Waals surface area contributed by atoms with Crippen molar-refractivity contribution in [1.29, 1.82) is 0 Å². The summed E-state index contributed by atoms with van der Waals surface area (Å²) in [5, 5.41) is 2.96. The van der Waals surface area contributed by atoms with Crippen molar-refractivity contribution in [3.8, 4) is 5.75 Å². The Labute approximate surface area is 129 Å². The lowest BCUT2D eigenvalue weighted by Crippen LogP contribution is -2.25. The largest absolute Gasteiger partial charge is 0.497 e. The van der Waals surface area contributed by atoms with Crippen LogP contribution in [0.5, 0.6) is 5.75 Å². The van der Waals surface area contributed by atoms with E-state index < -0.39 is 0 Å². The van der Waals surface area contributed by atoms with Crippen LogP contribution >= 0.6 is 11.3 Å². The summed E-state index contributed by atoms with van der Waals surface area (Å²) >= 11 is 1.64. The van der Waals surface area contributed by atoms with E-state index in [0.717, 1.165) is 29.8 Å². The van der Waals surface area contributed by atoms with E-state index in [-0.39, 0.29) is 5.91 Å². The van der Waals surface area contributed by atoms with Crippen LogP contribution in [0.2, 0.25) is 0 Å².